The third kappa shape index (κ3) is 6.37. The van der Waals surface area contributed by atoms with Gasteiger partial charge in [-0.05, 0) is 68.1 Å². The first-order valence-corrected chi connectivity index (χ1v) is 15.9. The summed E-state index contributed by atoms with van der Waals surface area (Å²) in [4.78, 5) is 12.5. The van der Waals surface area contributed by atoms with Crippen LogP contribution in [0.3, 0.4) is 0 Å². The van der Waals surface area contributed by atoms with Gasteiger partial charge in [0, 0.05) is 43.2 Å². The molecule has 0 spiro atoms. The van der Waals surface area contributed by atoms with E-state index >= 15 is 4.11 Å². The molecule has 37 heavy (non-hydrogen) atoms. The normalized spacial score (nSPS) is 21.9. The zero-order chi connectivity index (χ0) is 26.6. The van der Waals surface area contributed by atoms with Crippen LogP contribution in [0.4, 0.5) is 4.11 Å². The van der Waals surface area contributed by atoms with Gasteiger partial charge in [-0.15, -0.1) is 5.10 Å². The maximum Gasteiger partial charge on any atom is 0.297 e. The average molecular weight is 529 g/mol. The summed E-state index contributed by atoms with van der Waals surface area (Å²) in [6.45, 7) is 6.32. The molecular formula is C27H37FN4O4Si. The molecule has 0 aliphatic carbocycles. The Bertz CT molecular complexity index is 1220. The number of hydrogen-bond donors (Lipinski definition) is 1. The van der Waals surface area contributed by atoms with Crippen molar-refractivity contribution in [2.45, 2.75) is 70.0 Å². The second-order valence-corrected chi connectivity index (χ2v) is 14.1. The highest BCUT2D eigenvalue weighted by Gasteiger charge is 2.50. The smallest absolute Gasteiger partial charge is 0.297 e. The molecule has 0 saturated carbocycles. The standard InChI is InChI=1S/C27H37FN4O4Si/c1-19-23(12-9-20-7-10-22(11-8-20)32-15-5-6-25(35-2)27(32)34)36-24(26(19)37(3,4)28)13-16-31-18-21(14-17-33)29-30-31/h5-8,10-11,15,18-19,23-24,26,33H,9,12-14,16-17H2,1-4H3/t19-,23+,24-,26+/m1/s1. The van der Waals surface area contributed by atoms with E-state index in [2.05, 4.69) is 17.2 Å². The van der Waals surface area contributed by atoms with E-state index in [9.17, 15) is 4.79 Å². The van der Waals surface area contributed by atoms with E-state index in [1.165, 1.54) is 7.11 Å². The molecule has 1 saturated heterocycles. The number of ether oxygens (including phenoxy) is 2. The van der Waals surface area contributed by atoms with Crippen LogP contribution in [0.1, 0.15) is 31.0 Å². The Morgan fingerprint density at radius 2 is 1.89 bits per heavy atom. The number of halogens is 1. The quantitative estimate of drug-likeness (QED) is 0.299. The van der Waals surface area contributed by atoms with Gasteiger partial charge in [0.05, 0.1) is 25.0 Å². The van der Waals surface area contributed by atoms with Crippen LogP contribution in [0.5, 0.6) is 5.75 Å². The van der Waals surface area contributed by atoms with E-state index in [0.29, 0.717) is 25.1 Å². The minimum atomic E-state index is -2.95. The maximum atomic E-state index is 15.4. The number of methoxy groups -OCH3 is 1. The van der Waals surface area contributed by atoms with Crippen molar-refractivity contribution >= 4 is 8.41 Å². The van der Waals surface area contributed by atoms with Crippen molar-refractivity contribution in [1.29, 1.82) is 0 Å². The number of hydrogen-bond acceptors (Lipinski definition) is 6. The number of rotatable bonds is 11. The number of aliphatic hydroxyl groups is 1. The van der Waals surface area contributed by atoms with Gasteiger partial charge in [0.15, 0.2) is 5.75 Å². The topological polar surface area (TPSA) is 91.4 Å². The molecule has 2 aromatic heterocycles. The lowest BCUT2D eigenvalue weighted by Crippen LogP contribution is -2.36. The first-order valence-electron chi connectivity index (χ1n) is 12.9. The van der Waals surface area contributed by atoms with Crippen LogP contribution in [0.25, 0.3) is 5.69 Å². The third-order valence-electron chi connectivity index (χ3n) is 7.36. The summed E-state index contributed by atoms with van der Waals surface area (Å²) in [5, 5.41) is 17.3. The number of aromatic nitrogens is 4. The summed E-state index contributed by atoms with van der Waals surface area (Å²) in [7, 11) is -1.46. The van der Waals surface area contributed by atoms with Crippen LogP contribution in [0.2, 0.25) is 18.6 Å². The van der Waals surface area contributed by atoms with Crippen molar-refractivity contribution in [2.75, 3.05) is 13.7 Å². The van der Waals surface area contributed by atoms with E-state index in [1.807, 2.05) is 30.5 Å². The summed E-state index contributed by atoms with van der Waals surface area (Å²) in [5.74, 6) is 0.434. The van der Waals surface area contributed by atoms with Gasteiger partial charge in [0.2, 0.25) is 8.41 Å². The molecule has 4 atom stereocenters. The molecule has 0 unspecified atom stereocenters. The number of aryl methyl sites for hydroxylation is 2. The Kier molecular flexibility index (Phi) is 8.61. The van der Waals surface area contributed by atoms with Gasteiger partial charge in [-0.3, -0.25) is 14.0 Å². The molecule has 1 fully saturated rings. The minimum Gasteiger partial charge on any atom is -0.491 e. The predicted molar refractivity (Wildman–Crippen MR) is 143 cm³/mol. The van der Waals surface area contributed by atoms with Crippen molar-refractivity contribution in [1.82, 2.24) is 19.6 Å². The molecule has 1 aliphatic rings. The number of pyridine rings is 1. The molecule has 0 amide bonds. The summed E-state index contributed by atoms with van der Waals surface area (Å²) in [6.07, 6.45) is 6.16. The maximum absolute atomic E-state index is 15.4. The molecule has 3 aromatic rings. The van der Waals surface area contributed by atoms with Crippen molar-refractivity contribution in [3.8, 4) is 11.4 Å². The zero-order valence-electron chi connectivity index (χ0n) is 22.0. The van der Waals surface area contributed by atoms with Crippen molar-refractivity contribution in [3.05, 3.63) is 70.4 Å². The van der Waals surface area contributed by atoms with Gasteiger partial charge in [-0.1, -0.05) is 24.3 Å². The van der Waals surface area contributed by atoms with Gasteiger partial charge in [0.25, 0.3) is 5.56 Å². The van der Waals surface area contributed by atoms with E-state index in [1.54, 1.807) is 40.7 Å². The molecule has 10 heteroatoms. The fourth-order valence-corrected chi connectivity index (χ4v) is 8.14. The fourth-order valence-electron chi connectivity index (χ4n) is 5.55. The molecule has 1 aliphatic heterocycles. The van der Waals surface area contributed by atoms with Crippen LogP contribution in [-0.2, 0) is 24.1 Å². The van der Waals surface area contributed by atoms with Crippen molar-refractivity contribution < 1.29 is 18.7 Å². The third-order valence-corrected chi connectivity index (χ3v) is 9.84. The lowest BCUT2D eigenvalue weighted by atomic mass is 9.95. The molecule has 3 heterocycles. The largest absolute Gasteiger partial charge is 0.491 e. The molecule has 0 bridgehead atoms. The van der Waals surface area contributed by atoms with Gasteiger partial charge in [-0.25, -0.2) is 0 Å². The second-order valence-electron chi connectivity index (χ2n) is 10.4. The van der Waals surface area contributed by atoms with Crippen molar-refractivity contribution in [3.63, 3.8) is 0 Å². The van der Waals surface area contributed by atoms with E-state index in [-0.39, 0.29) is 35.8 Å². The monoisotopic (exact) mass is 528 g/mol. The molecule has 0 radical (unpaired) electrons. The van der Waals surface area contributed by atoms with Gasteiger partial charge in [0.1, 0.15) is 0 Å². The van der Waals surface area contributed by atoms with E-state index < -0.39 is 8.41 Å². The Morgan fingerprint density at radius 3 is 2.57 bits per heavy atom. The Hall–Kier alpha value is -2.82. The number of benzene rings is 1. The predicted octanol–water partition coefficient (Wildman–Crippen LogP) is 3.94. The van der Waals surface area contributed by atoms with Gasteiger partial charge >= 0.3 is 0 Å². The summed E-state index contributed by atoms with van der Waals surface area (Å²) in [6, 6.07) is 11.4. The van der Waals surface area contributed by atoms with Crippen LogP contribution in [0.15, 0.2) is 53.6 Å². The number of nitrogens with zero attached hydrogens (tertiary/aromatic N) is 4. The SMILES string of the molecule is COc1cccn(-c2ccc(CC[C@@H]3O[C@H](CCn4cc(CCO)nn4)[C@@H]([Si](C)(C)F)[C@@H]3C)cc2)c1=O. The lowest BCUT2D eigenvalue weighted by molar-refractivity contribution is 0.0247. The molecular weight excluding hydrogens is 491 g/mol. The van der Waals surface area contributed by atoms with Crippen LogP contribution >= 0.6 is 0 Å². The summed E-state index contributed by atoms with van der Waals surface area (Å²) >= 11 is 0. The molecule has 1 N–H and O–H groups in total. The van der Waals surface area contributed by atoms with Crippen molar-refractivity contribution in [2.24, 2.45) is 5.92 Å². The zero-order valence-corrected chi connectivity index (χ0v) is 23.0. The molecule has 4 rings (SSSR count). The second kappa shape index (κ2) is 11.7. The van der Waals surface area contributed by atoms with E-state index in [4.69, 9.17) is 14.6 Å². The highest BCUT2D eigenvalue weighted by molar-refractivity contribution is 6.72. The van der Waals surface area contributed by atoms with Crippen LogP contribution in [-0.4, -0.2) is 59.0 Å². The Labute approximate surface area is 218 Å². The van der Waals surface area contributed by atoms with Crippen LogP contribution in [0, 0.1) is 5.92 Å². The minimum absolute atomic E-state index is 0.0149. The Morgan fingerprint density at radius 1 is 1.14 bits per heavy atom. The Balaban J connectivity index is 1.39. The van der Waals surface area contributed by atoms with Gasteiger partial charge in [-0.2, -0.15) is 0 Å². The van der Waals surface area contributed by atoms with E-state index in [0.717, 1.165) is 29.8 Å². The lowest BCUT2D eigenvalue weighted by Gasteiger charge is -2.28. The number of aliphatic hydroxyl groups excluding tert-OH is 1. The highest BCUT2D eigenvalue weighted by atomic mass is 28.4. The highest BCUT2D eigenvalue weighted by Crippen LogP contribution is 2.47. The molecule has 8 nitrogen and oxygen atoms in total. The first kappa shape index (κ1) is 27.2. The van der Waals surface area contributed by atoms with Crippen LogP contribution < -0.4 is 10.3 Å². The first-order chi connectivity index (χ1) is 17.7. The molecule has 1 aromatic carbocycles. The summed E-state index contributed by atoms with van der Waals surface area (Å²) in [5.41, 5.74) is 2.39. The average Bonchev–Trinajstić information content (AvgIpc) is 3.45. The fraction of sp³-hybridized carbons (Fsp3) is 0.519. The molecule has 200 valence electrons. The summed E-state index contributed by atoms with van der Waals surface area (Å²) < 4.78 is 30.4. The van der Waals surface area contributed by atoms with Gasteiger partial charge < -0.3 is 18.7 Å².